The van der Waals surface area contributed by atoms with E-state index >= 15 is 0 Å². The molecule has 0 aliphatic carbocycles. The molecular weight excluding hydrogens is 1020 g/mol. The molecule has 2 N–H and O–H groups in total. The number of nitrogens with zero attached hydrogens (tertiary/aromatic N) is 4. The maximum Gasteiger partial charge on any atom is 0.252 e. The third kappa shape index (κ3) is 12.3. The first-order valence-corrected chi connectivity index (χ1v) is 29.9. The van der Waals surface area contributed by atoms with E-state index in [4.69, 9.17) is 0 Å². The fraction of sp³-hybridized carbons (Fsp3) is 0.333. The average Bonchev–Trinajstić information content (AvgIpc) is 4.07. The molecule has 0 saturated carbocycles. The maximum atomic E-state index is 13.4. The molecule has 8 rings (SSSR count). The van der Waals surface area contributed by atoms with E-state index in [0.717, 1.165) is 58.3 Å². The number of anilines is 2. The summed E-state index contributed by atoms with van der Waals surface area (Å²) in [5.41, 5.74) is 0.802. The Kier molecular flexibility index (Phi) is 15.8. The molecule has 2 aromatic heterocycles. The molecule has 4 aromatic carbocycles. The summed E-state index contributed by atoms with van der Waals surface area (Å²) in [5.74, 6) is -1.77. The van der Waals surface area contributed by atoms with Crippen LogP contribution >= 0.6 is 22.7 Å². The smallest absolute Gasteiger partial charge is 0.252 e. The van der Waals surface area contributed by atoms with Crippen LogP contribution in [0.4, 0.5) is 20.2 Å². The fourth-order valence-electron chi connectivity index (χ4n) is 8.23. The van der Waals surface area contributed by atoms with Crippen molar-refractivity contribution in [1.82, 2.24) is 8.61 Å². The third-order valence-electron chi connectivity index (χ3n) is 12.0. The Bertz CT molecular complexity index is 2950. The summed E-state index contributed by atoms with van der Waals surface area (Å²) in [4.78, 5) is 3.73. The second-order valence-electron chi connectivity index (χ2n) is 18.0. The lowest BCUT2D eigenvalue weighted by Crippen LogP contribution is -2.57. The molecule has 0 spiro atoms. The number of halogens is 2. The minimum Gasteiger partial charge on any atom is -0.386 e. The van der Waals surface area contributed by atoms with Crippen LogP contribution < -0.4 is 9.80 Å². The van der Waals surface area contributed by atoms with Crippen molar-refractivity contribution >= 4 is 73.8 Å². The number of hydrogen-bond acceptors (Lipinski definition) is 14. The number of hydrogen-bond donors (Lipinski definition) is 2. The van der Waals surface area contributed by atoms with Gasteiger partial charge in [0.05, 0.1) is 44.6 Å². The molecule has 6 aromatic rings. The zero-order valence-corrected chi connectivity index (χ0v) is 43.6. The van der Waals surface area contributed by atoms with E-state index in [1.165, 1.54) is 45.0 Å². The maximum absolute atomic E-state index is 13.4. The van der Waals surface area contributed by atoms with Gasteiger partial charge in [-0.2, -0.15) is 8.61 Å². The van der Waals surface area contributed by atoms with Crippen molar-refractivity contribution in [3.8, 4) is 0 Å². The Labute approximate surface area is 417 Å². The second-order valence-corrected chi connectivity index (χ2v) is 28.3. The Morgan fingerprint density at radius 2 is 0.829 bits per heavy atom. The van der Waals surface area contributed by atoms with Gasteiger partial charge in [-0.3, -0.25) is 0 Å². The number of sulfonamides is 2. The number of rotatable bonds is 14. The number of benzene rings is 4. The number of sulfone groups is 2. The molecule has 2 aliphatic rings. The average molecular weight is 1080 g/mol. The zero-order chi connectivity index (χ0) is 50.9. The summed E-state index contributed by atoms with van der Waals surface area (Å²) in [7, 11) is -15.2. The first-order valence-electron chi connectivity index (χ1n) is 22.0. The monoisotopic (exact) mass is 1080 g/mol. The summed E-state index contributed by atoms with van der Waals surface area (Å²) in [6, 6.07) is 28.6. The molecule has 2 saturated heterocycles. The predicted octanol–water partition coefficient (Wildman–Crippen LogP) is 6.94. The van der Waals surface area contributed by atoms with E-state index in [1.807, 2.05) is 9.80 Å². The third-order valence-corrected chi connectivity index (χ3v) is 22.2. The second kappa shape index (κ2) is 20.8. The van der Waals surface area contributed by atoms with Gasteiger partial charge in [0.15, 0.2) is 19.7 Å². The van der Waals surface area contributed by atoms with Crippen molar-refractivity contribution in [1.29, 1.82) is 0 Å². The molecule has 0 radical (unpaired) electrons. The van der Waals surface area contributed by atoms with Crippen molar-refractivity contribution in [2.24, 2.45) is 0 Å². The van der Waals surface area contributed by atoms with Gasteiger partial charge in [0.1, 0.15) is 20.1 Å². The SMILES string of the molecule is CC(C)(O)c1ccc(N2CCN(S(=O)(=O)c3cccs3)C[C@@H]2CS(=O)(=O)c2ccc(F)cc2)cc1.CC(C)(O)c1ccc(N2CCN(S(=O)(=O)c3cccs3)C[C@@H]2CS(=O)(=O)c2ccc(F)cc2)cc1. The zero-order valence-electron chi connectivity index (χ0n) is 38.7. The summed E-state index contributed by atoms with van der Waals surface area (Å²) in [6.07, 6.45) is 0. The molecule has 376 valence electrons. The van der Waals surface area contributed by atoms with Gasteiger partial charge in [0.25, 0.3) is 20.0 Å². The molecular formula is C48H54F2N4O10S6. The molecule has 2 fully saturated rings. The highest BCUT2D eigenvalue weighted by molar-refractivity contribution is 7.92. The van der Waals surface area contributed by atoms with Gasteiger partial charge in [0.2, 0.25) is 0 Å². The Balaban J connectivity index is 0.000000206. The predicted molar refractivity (Wildman–Crippen MR) is 269 cm³/mol. The van der Waals surface area contributed by atoms with E-state index in [-0.39, 0.29) is 69.0 Å². The number of piperazine rings is 2. The van der Waals surface area contributed by atoms with Crippen LogP contribution in [0.15, 0.2) is 150 Å². The standard InChI is InChI=1S/2C24H27FN2O5S3/c2*1-24(2,28)18-5-9-20(10-6-18)27-14-13-26(35(31,32)23-4-3-15-33-23)16-21(27)17-34(29,30)22-11-7-19(25)8-12-22/h2*3-12,15,21,28H,13-14,16-17H2,1-2H3/t2*21-/m11/s1. The minimum atomic E-state index is -3.84. The summed E-state index contributed by atoms with van der Waals surface area (Å²) < 4.78 is 135. The Morgan fingerprint density at radius 3 is 1.11 bits per heavy atom. The lowest BCUT2D eigenvalue weighted by atomic mass is 9.98. The van der Waals surface area contributed by atoms with Gasteiger partial charge < -0.3 is 20.0 Å². The van der Waals surface area contributed by atoms with Gasteiger partial charge in [0, 0.05) is 50.6 Å². The minimum absolute atomic E-state index is 0.0190. The summed E-state index contributed by atoms with van der Waals surface area (Å²) in [6.45, 7) is 7.63. The van der Waals surface area contributed by atoms with E-state index in [1.54, 1.807) is 99.1 Å². The molecule has 0 bridgehead atoms. The largest absolute Gasteiger partial charge is 0.386 e. The van der Waals surface area contributed by atoms with Crippen molar-refractivity contribution in [3.63, 3.8) is 0 Å². The highest BCUT2D eigenvalue weighted by atomic mass is 32.3. The topological polar surface area (TPSA) is 190 Å². The van der Waals surface area contributed by atoms with Gasteiger partial charge in [-0.25, -0.2) is 42.5 Å². The van der Waals surface area contributed by atoms with Gasteiger partial charge >= 0.3 is 0 Å². The number of aliphatic hydroxyl groups is 2. The highest BCUT2D eigenvalue weighted by Gasteiger charge is 2.39. The Hall–Kier alpha value is -4.62. The van der Waals surface area contributed by atoms with E-state index in [2.05, 4.69) is 0 Å². The lowest BCUT2D eigenvalue weighted by molar-refractivity contribution is 0.0780. The normalized spacial score (nSPS) is 18.1. The molecule has 2 aliphatic heterocycles. The van der Waals surface area contributed by atoms with E-state index < -0.39 is 74.6 Å². The van der Waals surface area contributed by atoms with Crippen LogP contribution in [0.25, 0.3) is 0 Å². The van der Waals surface area contributed by atoms with Crippen LogP contribution in [-0.4, -0.2) is 115 Å². The van der Waals surface area contributed by atoms with Crippen molar-refractivity contribution < 1.29 is 52.7 Å². The molecule has 22 heteroatoms. The molecule has 70 heavy (non-hydrogen) atoms. The van der Waals surface area contributed by atoms with Gasteiger partial charge in [-0.15, -0.1) is 22.7 Å². The van der Waals surface area contributed by atoms with E-state index in [9.17, 15) is 52.7 Å². The summed E-state index contributed by atoms with van der Waals surface area (Å²) in [5, 5.41) is 23.9. The number of thiophene rings is 2. The quantitative estimate of drug-likeness (QED) is 0.107. The molecule has 0 unspecified atom stereocenters. The lowest BCUT2D eigenvalue weighted by Gasteiger charge is -2.42. The van der Waals surface area contributed by atoms with Crippen LogP contribution in [-0.2, 0) is 50.9 Å². The van der Waals surface area contributed by atoms with Crippen LogP contribution in [0.5, 0.6) is 0 Å². The molecule has 4 heterocycles. The van der Waals surface area contributed by atoms with Crippen LogP contribution in [0.3, 0.4) is 0 Å². The first-order chi connectivity index (χ1) is 32.8. The van der Waals surface area contributed by atoms with Crippen molar-refractivity contribution in [2.75, 3.05) is 60.6 Å². The Morgan fingerprint density at radius 1 is 0.500 bits per heavy atom. The molecule has 14 nitrogen and oxygen atoms in total. The van der Waals surface area contributed by atoms with Crippen LogP contribution in [0, 0.1) is 11.6 Å². The van der Waals surface area contributed by atoms with Crippen LogP contribution in [0.1, 0.15) is 38.8 Å². The first kappa shape index (κ1) is 53.2. The van der Waals surface area contributed by atoms with Gasteiger partial charge in [-0.05, 0) is 135 Å². The molecule has 2 atom stereocenters. The highest BCUT2D eigenvalue weighted by Crippen LogP contribution is 2.32. The molecule has 0 amide bonds. The van der Waals surface area contributed by atoms with Crippen molar-refractivity contribution in [2.45, 2.75) is 69.2 Å². The van der Waals surface area contributed by atoms with Gasteiger partial charge in [-0.1, -0.05) is 36.4 Å². The summed E-state index contributed by atoms with van der Waals surface area (Å²) >= 11 is 2.23. The van der Waals surface area contributed by atoms with E-state index in [0.29, 0.717) is 11.1 Å². The van der Waals surface area contributed by atoms with Crippen molar-refractivity contribution in [3.05, 3.63) is 155 Å². The van der Waals surface area contributed by atoms with Crippen LogP contribution in [0.2, 0.25) is 0 Å². The fourth-order valence-corrected chi connectivity index (χ4v) is 16.5.